The van der Waals surface area contributed by atoms with Crippen molar-refractivity contribution in [2.45, 2.75) is 4.90 Å². The predicted molar refractivity (Wildman–Crippen MR) is 64.8 cm³/mol. The van der Waals surface area contributed by atoms with Gasteiger partial charge in [-0.15, -0.1) is 12.6 Å². The Bertz CT molecular complexity index is 564. The lowest BCUT2D eigenvalue weighted by Gasteiger charge is -2.08. The molecule has 0 saturated carbocycles. The van der Waals surface area contributed by atoms with Crippen molar-refractivity contribution < 1.29 is 14.6 Å². The largest absolute Gasteiger partial charge is 0.507 e. The zero-order valence-electron chi connectivity index (χ0n) is 8.60. The molecule has 1 N–H and O–H groups in total. The Kier molecular flexibility index (Phi) is 2.75. The summed E-state index contributed by atoms with van der Waals surface area (Å²) in [6.07, 6.45) is 0.695. The maximum Gasteiger partial charge on any atom is 0.150 e. The highest BCUT2D eigenvalue weighted by Gasteiger charge is 2.07. The Morgan fingerprint density at radius 1 is 1.31 bits per heavy atom. The molecular weight excluding hydrogens is 224 g/mol. The molecule has 0 fully saturated rings. The zero-order chi connectivity index (χ0) is 11.7. The van der Waals surface area contributed by atoms with Gasteiger partial charge in [-0.3, -0.25) is 4.79 Å². The Morgan fingerprint density at radius 3 is 2.69 bits per heavy atom. The summed E-state index contributed by atoms with van der Waals surface area (Å²) >= 11 is 4.24. The van der Waals surface area contributed by atoms with Gasteiger partial charge in [-0.1, -0.05) is 0 Å². The number of carbonyl (C=O) groups is 1. The summed E-state index contributed by atoms with van der Waals surface area (Å²) in [6, 6.07) is 6.57. The van der Waals surface area contributed by atoms with Crippen LogP contribution in [-0.4, -0.2) is 18.5 Å². The highest BCUT2D eigenvalue weighted by atomic mass is 32.1. The van der Waals surface area contributed by atoms with Gasteiger partial charge in [-0.2, -0.15) is 0 Å². The molecular formula is C12H10O3S. The average molecular weight is 234 g/mol. The summed E-state index contributed by atoms with van der Waals surface area (Å²) in [5.41, 5.74) is 0.430. The summed E-state index contributed by atoms with van der Waals surface area (Å²) in [4.78, 5) is 11.3. The number of methoxy groups -OCH3 is 1. The molecule has 3 nitrogen and oxygen atoms in total. The number of aromatic hydroxyl groups is 1. The summed E-state index contributed by atoms with van der Waals surface area (Å²) < 4.78 is 5.12. The van der Waals surface area contributed by atoms with Crippen molar-refractivity contribution in [2.75, 3.05) is 7.11 Å². The van der Waals surface area contributed by atoms with Gasteiger partial charge >= 0.3 is 0 Å². The van der Waals surface area contributed by atoms with E-state index >= 15 is 0 Å². The maximum absolute atomic E-state index is 10.7. The number of benzene rings is 2. The molecule has 0 atom stereocenters. The van der Waals surface area contributed by atoms with Crippen LogP contribution in [0, 0.1) is 0 Å². The number of phenols is 1. The van der Waals surface area contributed by atoms with E-state index < -0.39 is 0 Å². The minimum absolute atomic E-state index is 0.0672. The van der Waals surface area contributed by atoms with Gasteiger partial charge in [0.05, 0.1) is 7.11 Å². The Balaban J connectivity index is 2.80. The fourth-order valence-corrected chi connectivity index (χ4v) is 1.90. The first kappa shape index (κ1) is 10.8. The van der Waals surface area contributed by atoms with E-state index in [-0.39, 0.29) is 5.75 Å². The molecule has 0 aliphatic rings. The monoisotopic (exact) mass is 234 g/mol. The van der Waals surface area contributed by atoms with Crippen LogP contribution in [-0.2, 0) is 0 Å². The third-order valence-corrected chi connectivity index (χ3v) is 2.74. The standard InChI is InChI=1S/C12H10O3S/c1-15-11-4-8-2-7(6-13)3-10(14)9(8)5-12(11)16/h2-6,14,16H,1H3. The molecule has 2 aromatic carbocycles. The molecule has 2 rings (SSSR count). The van der Waals surface area contributed by atoms with Crippen LogP contribution >= 0.6 is 12.6 Å². The normalized spacial score (nSPS) is 10.4. The molecule has 0 radical (unpaired) electrons. The van der Waals surface area contributed by atoms with E-state index in [1.54, 1.807) is 25.3 Å². The minimum Gasteiger partial charge on any atom is -0.507 e. The smallest absolute Gasteiger partial charge is 0.150 e. The van der Waals surface area contributed by atoms with Crippen LogP contribution in [0.25, 0.3) is 10.8 Å². The van der Waals surface area contributed by atoms with Gasteiger partial charge in [-0.05, 0) is 29.7 Å². The number of hydrogen-bond donors (Lipinski definition) is 2. The number of phenolic OH excluding ortho intramolecular Hbond substituents is 1. The molecule has 0 heterocycles. The third-order valence-electron chi connectivity index (χ3n) is 2.39. The number of fused-ring (bicyclic) bond motifs is 1. The van der Waals surface area contributed by atoms with Crippen molar-refractivity contribution in [2.24, 2.45) is 0 Å². The van der Waals surface area contributed by atoms with E-state index in [2.05, 4.69) is 12.6 Å². The lowest BCUT2D eigenvalue weighted by Crippen LogP contribution is -1.87. The Labute approximate surface area is 98.1 Å². The highest BCUT2D eigenvalue weighted by molar-refractivity contribution is 7.80. The molecule has 4 heteroatoms. The summed E-state index contributed by atoms with van der Waals surface area (Å²) in [5, 5.41) is 11.1. The van der Waals surface area contributed by atoms with Gasteiger partial charge in [0.1, 0.15) is 17.8 Å². The average Bonchev–Trinajstić information content (AvgIpc) is 2.29. The van der Waals surface area contributed by atoms with Crippen molar-refractivity contribution in [3.63, 3.8) is 0 Å². The quantitative estimate of drug-likeness (QED) is 0.620. The van der Waals surface area contributed by atoms with Gasteiger partial charge in [-0.25, -0.2) is 0 Å². The molecule has 0 aromatic heterocycles. The van der Waals surface area contributed by atoms with Crippen molar-refractivity contribution in [3.05, 3.63) is 29.8 Å². The third kappa shape index (κ3) is 1.72. The zero-order valence-corrected chi connectivity index (χ0v) is 9.49. The molecule has 82 valence electrons. The van der Waals surface area contributed by atoms with Gasteiger partial charge < -0.3 is 9.84 Å². The molecule has 0 saturated heterocycles. The van der Waals surface area contributed by atoms with Crippen LogP contribution < -0.4 is 4.74 Å². The number of aldehydes is 1. The summed E-state index contributed by atoms with van der Waals surface area (Å²) in [7, 11) is 1.55. The van der Waals surface area contributed by atoms with Crippen LogP contribution in [0.1, 0.15) is 10.4 Å². The number of hydrogen-bond acceptors (Lipinski definition) is 4. The van der Waals surface area contributed by atoms with E-state index in [1.165, 1.54) is 6.07 Å². The molecule has 0 bridgehead atoms. The number of carbonyl (C=O) groups excluding carboxylic acids is 1. The van der Waals surface area contributed by atoms with Crippen LogP contribution in [0.15, 0.2) is 29.2 Å². The fraction of sp³-hybridized carbons (Fsp3) is 0.0833. The van der Waals surface area contributed by atoms with E-state index in [0.29, 0.717) is 27.9 Å². The number of rotatable bonds is 2. The molecule has 0 unspecified atom stereocenters. The fourth-order valence-electron chi connectivity index (χ4n) is 1.61. The van der Waals surface area contributed by atoms with E-state index in [0.717, 1.165) is 5.39 Å². The predicted octanol–water partition coefficient (Wildman–Crippen LogP) is 2.66. The van der Waals surface area contributed by atoms with E-state index in [1.807, 2.05) is 0 Å². The van der Waals surface area contributed by atoms with Crippen LogP contribution in [0.2, 0.25) is 0 Å². The maximum atomic E-state index is 10.7. The molecule has 0 amide bonds. The first-order chi connectivity index (χ1) is 7.65. The van der Waals surface area contributed by atoms with Crippen LogP contribution in [0.3, 0.4) is 0 Å². The highest BCUT2D eigenvalue weighted by Crippen LogP contribution is 2.33. The molecule has 0 spiro atoms. The van der Waals surface area contributed by atoms with Crippen LogP contribution in [0.5, 0.6) is 11.5 Å². The first-order valence-corrected chi connectivity index (χ1v) is 5.09. The van der Waals surface area contributed by atoms with Gasteiger partial charge in [0.15, 0.2) is 0 Å². The summed E-state index contributed by atoms with van der Waals surface area (Å²) in [5.74, 6) is 0.677. The van der Waals surface area contributed by atoms with Gasteiger partial charge in [0, 0.05) is 15.8 Å². The minimum atomic E-state index is 0.0672. The van der Waals surface area contributed by atoms with Crippen molar-refractivity contribution in [1.82, 2.24) is 0 Å². The summed E-state index contributed by atoms with van der Waals surface area (Å²) in [6.45, 7) is 0. The second kappa shape index (κ2) is 4.06. The Hall–Kier alpha value is -1.68. The molecule has 16 heavy (non-hydrogen) atoms. The van der Waals surface area contributed by atoms with Gasteiger partial charge in [0.25, 0.3) is 0 Å². The second-order valence-corrected chi connectivity index (χ2v) is 3.88. The first-order valence-electron chi connectivity index (χ1n) is 4.64. The lowest BCUT2D eigenvalue weighted by atomic mass is 10.1. The SMILES string of the molecule is COc1cc2cc(C=O)cc(O)c2cc1S. The molecule has 0 aliphatic carbocycles. The topological polar surface area (TPSA) is 46.5 Å². The molecule has 2 aromatic rings. The lowest BCUT2D eigenvalue weighted by molar-refractivity contribution is 0.112. The number of ether oxygens (including phenoxy) is 1. The number of thiol groups is 1. The van der Waals surface area contributed by atoms with Crippen molar-refractivity contribution >= 4 is 29.7 Å². The van der Waals surface area contributed by atoms with Crippen LogP contribution in [0.4, 0.5) is 0 Å². The van der Waals surface area contributed by atoms with Crippen molar-refractivity contribution in [1.29, 1.82) is 0 Å². The van der Waals surface area contributed by atoms with E-state index in [9.17, 15) is 9.90 Å². The van der Waals surface area contributed by atoms with Crippen molar-refractivity contribution in [3.8, 4) is 11.5 Å². The second-order valence-electron chi connectivity index (χ2n) is 3.40. The van der Waals surface area contributed by atoms with E-state index in [4.69, 9.17) is 4.74 Å². The van der Waals surface area contributed by atoms with Gasteiger partial charge in [0.2, 0.25) is 0 Å². The molecule has 0 aliphatic heterocycles. The Morgan fingerprint density at radius 2 is 2.06 bits per heavy atom.